The second-order valence-corrected chi connectivity index (χ2v) is 13.8. The molecule has 0 heterocycles. The highest BCUT2D eigenvalue weighted by Crippen LogP contribution is 2.76. The number of benzene rings is 3. The highest BCUT2D eigenvalue weighted by Gasteiger charge is 2.72. The van der Waals surface area contributed by atoms with Crippen LogP contribution in [0.3, 0.4) is 0 Å². The average molecular weight is 516 g/mol. The molecule has 1 nitrogen and oxygen atoms in total. The van der Waals surface area contributed by atoms with Gasteiger partial charge in [-0.15, -0.1) is 0 Å². The first-order chi connectivity index (χ1) is 18.2. The Hall–Kier alpha value is -3.32. The van der Waals surface area contributed by atoms with Crippen LogP contribution >= 0.6 is 0 Å². The van der Waals surface area contributed by atoms with Crippen molar-refractivity contribution in [2.45, 2.75) is 78.6 Å². The number of allylic oxidation sites excluding steroid dienone is 3. The molecule has 0 aliphatic heterocycles. The molecule has 0 saturated carbocycles. The van der Waals surface area contributed by atoms with Crippen LogP contribution in [0.1, 0.15) is 79.0 Å². The van der Waals surface area contributed by atoms with Gasteiger partial charge in [0.1, 0.15) is 0 Å². The maximum absolute atomic E-state index is 4.11. The molecule has 0 atom stereocenters. The van der Waals surface area contributed by atoms with Crippen LogP contribution in [-0.4, -0.2) is 0 Å². The fraction of sp³-hybridized carbons (Fsp3) is 0.368. The standard InChI is InChI=1S/C38H45N/c1-12-18-28(13-2)39(29-20-15-14-16-21-29)30-22-17-19-26(23-30)27-24-31-33-32(25-27)35(5,6)37(9,10)38(33,11)36(7,8)34(31,3)4/h12-25H,1-2H2,3-11H3/b28-18+. The molecule has 0 fully saturated rings. The van der Waals surface area contributed by atoms with Crippen LogP contribution in [0.4, 0.5) is 11.4 Å². The molecule has 0 spiro atoms. The Morgan fingerprint density at radius 2 is 1.18 bits per heavy atom. The Labute approximate surface area is 237 Å². The monoisotopic (exact) mass is 515 g/mol. The lowest BCUT2D eigenvalue weighted by Gasteiger charge is -2.56. The van der Waals surface area contributed by atoms with E-state index in [-0.39, 0.29) is 27.1 Å². The summed E-state index contributed by atoms with van der Waals surface area (Å²) in [7, 11) is 0. The van der Waals surface area contributed by atoms with Crippen molar-refractivity contribution in [3.8, 4) is 11.1 Å². The molecule has 0 bridgehead atoms. The van der Waals surface area contributed by atoms with E-state index in [4.69, 9.17) is 0 Å². The van der Waals surface area contributed by atoms with Crippen molar-refractivity contribution in [3.05, 3.63) is 121 Å². The van der Waals surface area contributed by atoms with Crippen LogP contribution in [0.25, 0.3) is 11.1 Å². The van der Waals surface area contributed by atoms with E-state index in [1.165, 1.54) is 22.3 Å². The third-order valence-corrected chi connectivity index (χ3v) is 11.8. The third-order valence-electron chi connectivity index (χ3n) is 11.8. The van der Waals surface area contributed by atoms with E-state index >= 15 is 0 Å². The zero-order chi connectivity index (χ0) is 28.6. The molecule has 39 heavy (non-hydrogen) atoms. The Morgan fingerprint density at radius 3 is 1.69 bits per heavy atom. The molecule has 0 unspecified atom stereocenters. The van der Waals surface area contributed by atoms with E-state index in [1.807, 2.05) is 18.2 Å². The molecule has 0 aromatic heterocycles. The van der Waals surface area contributed by atoms with E-state index in [2.05, 4.69) is 147 Å². The Bertz CT molecular complexity index is 1440. The first-order valence-electron chi connectivity index (χ1n) is 14.3. The van der Waals surface area contributed by atoms with Gasteiger partial charge in [0, 0.05) is 22.5 Å². The van der Waals surface area contributed by atoms with Crippen molar-refractivity contribution < 1.29 is 0 Å². The summed E-state index contributed by atoms with van der Waals surface area (Å²) < 4.78 is 0. The largest absolute Gasteiger partial charge is 0.311 e. The molecule has 2 aliphatic carbocycles. The van der Waals surface area contributed by atoms with Gasteiger partial charge in [-0.05, 0) is 85.9 Å². The Balaban J connectivity index is 1.75. The van der Waals surface area contributed by atoms with Crippen LogP contribution in [0.2, 0.25) is 0 Å². The predicted molar refractivity (Wildman–Crippen MR) is 170 cm³/mol. The number of nitrogens with zero attached hydrogens (tertiary/aromatic N) is 1. The minimum Gasteiger partial charge on any atom is -0.311 e. The summed E-state index contributed by atoms with van der Waals surface area (Å²) in [5.41, 5.74) is 10.7. The fourth-order valence-electron chi connectivity index (χ4n) is 7.87. The molecule has 0 N–H and O–H groups in total. The van der Waals surface area contributed by atoms with E-state index in [1.54, 1.807) is 5.56 Å². The van der Waals surface area contributed by atoms with E-state index in [9.17, 15) is 0 Å². The van der Waals surface area contributed by atoms with Gasteiger partial charge in [-0.3, -0.25) is 0 Å². The highest BCUT2D eigenvalue weighted by atomic mass is 15.1. The van der Waals surface area contributed by atoms with Crippen LogP contribution in [0.5, 0.6) is 0 Å². The second kappa shape index (κ2) is 8.59. The minimum atomic E-state index is 0.0476. The summed E-state index contributed by atoms with van der Waals surface area (Å²) in [4.78, 5) is 2.25. The second-order valence-electron chi connectivity index (χ2n) is 13.8. The smallest absolute Gasteiger partial charge is 0.0467 e. The van der Waals surface area contributed by atoms with Gasteiger partial charge < -0.3 is 4.90 Å². The summed E-state index contributed by atoms with van der Waals surface area (Å²) in [6.45, 7) is 30.4. The van der Waals surface area contributed by atoms with Gasteiger partial charge >= 0.3 is 0 Å². The first kappa shape index (κ1) is 27.3. The van der Waals surface area contributed by atoms with Crippen LogP contribution in [0, 0.1) is 10.8 Å². The SMILES string of the molecule is C=C/C=C(\C=C)N(c1ccccc1)c1cccc(-c2cc3c4c(c2)C(C)(C)C(C)(C)C4(C)C(C)(C)C3(C)C)c1. The van der Waals surface area contributed by atoms with E-state index < -0.39 is 0 Å². The molecule has 0 amide bonds. The first-order valence-corrected chi connectivity index (χ1v) is 14.3. The van der Waals surface area contributed by atoms with Crippen molar-refractivity contribution in [3.63, 3.8) is 0 Å². The topological polar surface area (TPSA) is 3.24 Å². The van der Waals surface area contributed by atoms with Gasteiger partial charge in [-0.2, -0.15) is 0 Å². The number of hydrogen-bond donors (Lipinski definition) is 0. The van der Waals surface area contributed by atoms with Gasteiger partial charge in [-0.25, -0.2) is 0 Å². The van der Waals surface area contributed by atoms with E-state index in [0.717, 1.165) is 17.1 Å². The zero-order valence-corrected chi connectivity index (χ0v) is 25.4. The lowest BCUT2D eigenvalue weighted by molar-refractivity contribution is -0.0105. The van der Waals surface area contributed by atoms with Crippen molar-refractivity contribution in [1.29, 1.82) is 0 Å². The molecule has 2 aliphatic rings. The Kier molecular flexibility index (Phi) is 6.00. The molecular weight excluding hydrogens is 470 g/mol. The summed E-state index contributed by atoms with van der Waals surface area (Å²) in [5, 5.41) is 0. The number of hydrogen-bond acceptors (Lipinski definition) is 1. The molecule has 1 heteroatoms. The van der Waals surface area contributed by atoms with Crippen molar-refractivity contribution in [2.75, 3.05) is 4.90 Å². The fourth-order valence-corrected chi connectivity index (χ4v) is 7.87. The summed E-state index contributed by atoms with van der Waals surface area (Å²) in [6, 6.07) is 24.4. The van der Waals surface area contributed by atoms with Gasteiger partial charge in [0.15, 0.2) is 0 Å². The summed E-state index contributed by atoms with van der Waals surface area (Å²) >= 11 is 0. The maximum Gasteiger partial charge on any atom is 0.0467 e. The zero-order valence-electron chi connectivity index (χ0n) is 25.4. The molecular formula is C38H45N. The lowest BCUT2D eigenvalue weighted by Crippen LogP contribution is -2.54. The minimum absolute atomic E-state index is 0.0476. The van der Waals surface area contributed by atoms with Gasteiger partial charge in [-0.1, -0.05) is 124 Å². The lowest BCUT2D eigenvalue weighted by atomic mass is 9.47. The number of rotatable bonds is 6. The average Bonchev–Trinajstić information content (AvgIpc) is 3.11. The van der Waals surface area contributed by atoms with Crippen LogP contribution < -0.4 is 4.90 Å². The van der Waals surface area contributed by atoms with Crippen molar-refractivity contribution >= 4 is 11.4 Å². The summed E-state index contributed by atoms with van der Waals surface area (Å²) in [6.07, 6.45) is 5.73. The normalized spacial score (nSPS) is 20.8. The van der Waals surface area contributed by atoms with Crippen LogP contribution in [-0.2, 0) is 16.2 Å². The van der Waals surface area contributed by atoms with Gasteiger partial charge in [0.05, 0.1) is 0 Å². The van der Waals surface area contributed by atoms with Crippen molar-refractivity contribution in [1.82, 2.24) is 0 Å². The predicted octanol–water partition coefficient (Wildman–Crippen LogP) is 10.6. The Morgan fingerprint density at radius 1 is 0.641 bits per heavy atom. The van der Waals surface area contributed by atoms with Gasteiger partial charge in [0.2, 0.25) is 0 Å². The van der Waals surface area contributed by atoms with E-state index in [0.29, 0.717) is 0 Å². The highest BCUT2D eigenvalue weighted by molar-refractivity contribution is 5.78. The molecule has 0 radical (unpaired) electrons. The molecule has 5 rings (SSSR count). The molecule has 0 saturated heterocycles. The quantitative estimate of drug-likeness (QED) is 0.295. The third kappa shape index (κ3) is 3.32. The van der Waals surface area contributed by atoms with Crippen molar-refractivity contribution in [2.24, 2.45) is 10.8 Å². The van der Waals surface area contributed by atoms with Gasteiger partial charge in [0.25, 0.3) is 0 Å². The maximum atomic E-state index is 4.11. The molecule has 202 valence electrons. The van der Waals surface area contributed by atoms with Crippen LogP contribution in [0.15, 0.2) is 104 Å². The molecule has 3 aromatic rings. The number of para-hydroxylation sites is 1. The summed E-state index contributed by atoms with van der Waals surface area (Å²) in [5.74, 6) is 0. The molecule has 3 aromatic carbocycles. The number of anilines is 2.